The summed E-state index contributed by atoms with van der Waals surface area (Å²) in [6.45, 7) is 7.34. The summed E-state index contributed by atoms with van der Waals surface area (Å²) in [6, 6.07) is 15.4. The van der Waals surface area contributed by atoms with Gasteiger partial charge in [-0.15, -0.1) is 0 Å². The lowest BCUT2D eigenvalue weighted by atomic mass is 9.98. The number of phenols is 1. The highest BCUT2D eigenvalue weighted by Crippen LogP contribution is 2.29. The van der Waals surface area contributed by atoms with E-state index < -0.39 is 10.0 Å². The minimum Gasteiger partial charge on any atom is -0.507 e. The minimum absolute atomic E-state index is 0.113. The Labute approximate surface area is 215 Å². The number of rotatable bonds is 9. The molecule has 0 aliphatic carbocycles. The number of halogens is 1. The summed E-state index contributed by atoms with van der Waals surface area (Å²) in [5.41, 5.74) is 1.79. The zero-order valence-corrected chi connectivity index (χ0v) is 21.6. The van der Waals surface area contributed by atoms with Gasteiger partial charge in [-0.25, -0.2) is 13.1 Å². The minimum atomic E-state index is -3.50. The second-order valence-corrected chi connectivity index (χ2v) is 11.2. The average Bonchev–Trinajstić information content (AvgIpc) is 3.27. The number of phenolic OH excluding ortho intramolecular Hbond substituents is 1. The van der Waals surface area contributed by atoms with Gasteiger partial charge in [0, 0.05) is 25.2 Å². The maximum absolute atomic E-state index is 13.3. The standard InChI is InChI=1S/C26H29FN4O3S2/c1-19(23-10-6-7-11-24(23)32)16-26(31-20(2)25(35-27)18-29-31)28-17-21-12-14-30(15-13-21)36(33,34)22-8-4-3-5-9-22/h3-11,16,18,21,28,32H,1,12-15,17H2,2H3/b26-16-. The lowest BCUT2D eigenvalue weighted by molar-refractivity contribution is 0.272. The Morgan fingerprint density at radius 2 is 1.86 bits per heavy atom. The number of hydrogen-bond donors (Lipinski definition) is 2. The number of aromatic hydroxyl groups is 1. The Balaban J connectivity index is 1.47. The molecule has 0 radical (unpaired) electrons. The van der Waals surface area contributed by atoms with Crippen LogP contribution < -0.4 is 5.32 Å². The molecule has 3 aromatic rings. The molecule has 1 aliphatic heterocycles. The SMILES string of the molecule is C=C(/C=C(/NCC1CCN(S(=O)(=O)c2ccccc2)CC1)n1ncc(SF)c1C)c1ccccc1O. The Hall–Kier alpha value is -3.08. The van der Waals surface area contributed by atoms with Crippen molar-refractivity contribution in [1.29, 1.82) is 0 Å². The summed E-state index contributed by atoms with van der Waals surface area (Å²) in [5, 5.41) is 18.0. The molecule has 7 nitrogen and oxygen atoms in total. The third-order valence-electron chi connectivity index (χ3n) is 6.36. The number of aromatic nitrogens is 2. The van der Waals surface area contributed by atoms with Crippen LogP contribution in [-0.4, -0.2) is 47.2 Å². The number of hydrogen-bond acceptors (Lipinski definition) is 6. The number of benzene rings is 2. The fourth-order valence-electron chi connectivity index (χ4n) is 4.23. The van der Waals surface area contributed by atoms with Gasteiger partial charge in [-0.1, -0.05) is 43.0 Å². The monoisotopic (exact) mass is 528 g/mol. The molecule has 0 amide bonds. The zero-order valence-electron chi connectivity index (χ0n) is 20.0. The molecule has 190 valence electrons. The highest BCUT2D eigenvalue weighted by atomic mass is 32.2. The van der Waals surface area contributed by atoms with Gasteiger partial charge in [0.2, 0.25) is 10.0 Å². The van der Waals surface area contributed by atoms with Gasteiger partial charge in [-0.05, 0) is 55.5 Å². The maximum atomic E-state index is 13.3. The molecule has 2 N–H and O–H groups in total. The van der Waals surface area contributed by atoms with E-state index in [1.165, 1.54) is 10.5 Å². The smallest absolute Gasteiger partial charge is 0.243 e. The maximum Gasteiger partial charge on any atom is 0.243 e. The predicted octanol–water partition coefficient (Wildman–Crippen LogP) is 5.08. The number of nitrogens with one attached hydrogen (secondary N) is 1. The molecule has 0 spiro atoms. The quantitative estimate of drug-likeness (QED) is 0.377. The van der Waals surface area contributed by atoms with Crippen LogP contribution in [0.3, 0.4) is 0 Å². The molecule has 0 bridgehead atoms. The molecule has 1 saturated heterocycles. The zero-order chi connectivity index (χ0) is 25.7. The van der Waals surface area contributed by atoms with Crippen molar-refractivity contribution in [3.63, 3.8) is 0 Å². The Bertz CT molecular complexity index is 1350. The van der Waals surface area contributed by atoms with Crippen LogP contribution in [0.25, 0.3) is 11.4 Å². The van der Waals surface area contributed by atoms with Gasteiger partial charge in [-0.3, -0.25) is 0 Å². The van der Waals surface area contributed by atoms with Gasteiger partial charge in [0.1, 0.15) is 11.6 Å². The van der Waals surface area contributed by atoms with E-state index in [1.807, 2.05) is 6.07 Å². The van der Waals surface area contributed by atoms with E-state index in [2.05, 4.69) is 17.0 Å². The fraction of sp³-hybridized carbons (Fsp3) is 0.269. The third kappa shape index (κ3) is 5.66. The van der Waals surface area contributed by atoms with Crippen molar-refractivity contribution in [3.05, 3.63) is 84.7 Å². The number of piperidine rings is 1. The van der Waals surface area contributed by atoms with Gasteiger partial charge < -0.3 is 10.4 Å². The number of allylic oxidation sites excluding steroid dienone is 2. The fourth-order valence-corrected chi connectivity index (χ4v) is 6.01. The highest BCUT2D eigenvalue weighted by Gasteiger charge is 2.29. The van der Waals surface area contributed by atoms with Gasteiger partial charge >= 0.3 is 0 Å². The number of para-hydroxylation sites is 1. The third-order valence-corrected chi connectivity index (χ3v) is 8.84. The first kappa shape index (κ1) is 26.0. The van der Waals surface area contributed by atoms with E-state index in [-0.39, 0.29) is 23.8 Å². The van der Waals surface area contributed by atoms with Gasteiger partial charge in [0.25, 0.3) is 0 Å². The Kier molecular flexibility index (Phi) is 8.17. The van der Waals surface area contributed by atoms with Gasteiger partial charge in [0.15, 0.2) is 0 Å². The van der Waals surface area contributed by atoms with Crippen LogP contribution in [0.2, 0.25) is 0 Å². The summed E-state index contributed by atoms with van der Waals surface area (Å²) in [6.07, 6.45) is 4.65. The van der Waals surface area contributed by atoms with E-state index in [0.29, 0.717) is 64.9 Å². The van der Waals surface area contributed by atoms with Crippen molar-refractivity contribution < 1.29 is 17.4 Å². The normalized spacial score (nSPS) is 15.7. The second-order valence-electron chi connectivity index (χ2n) is 8.70. The van der Waals surface area contributed by atoms with Crippen molar-refractivity contribution in [2.75, 3.05) is 19.6 Å². The largest absolute Gasteiger partial charge is 0.507 e. The van der Waals surface area contributed by atoms with E-state index in [1.54, 1.807) is 66.2 Å². The topological polar surface area (TPSA) is 87.5 Å². The van der Waals surface area contributed by atoms with Crippen LogP contribution in [0, 0.1) is 12.8 Å². The van der Waals surface area contributed by atoms with Crippen LogP contribution in [0.1, 0.15) is 24.1 Å². The Morgan fingerprint density at radius 3 is 2.50 bits per heavy atom. The molecule has 4 rings (SSSR count). The highest BCUT2D eigenvalue weighted by molar-refractivity contribution is 7.94. The molecule has 1 aliphatic rings. The molecule has 10 heteroatoms. The summed E-state index contributed by atoms with van der Waals surface area (Å²) < 4.78 is 42.3. The second kappa shape index (κ2) is 11.3. The molecule has 2 aromatic carbocycles. The van der Waals surface area contributed by atoms with Crippen LogP contribution >= 0.6 is 12.1 Å². The van der Waals surface area contributed by atoms with Crippen molar-refractivity contribution >= 4 is 33.6 Å². The van der Waals surface area contributed by atoms with Crippen LogP contribution in [0.4, 0.5) is 3.89 Å². The summed E-state index contributed by atoms with van der Waals surface area (Å²) in [4.78, 5) is 0.723. The van der Waals surface area contributed by atoms with Crippen molar-refractivity contribution in [2.24, 2.45) is 5.92 Å². The van der Waals surface area contributed by atoms with E-state index in [4.69, 9.17) is 0 Å². The van der Waals surface area contributed by atoms with Gasteiger partial charge in [-0.2, -0.15) is 13.3 Å². The molecule has 36 heavy (non-hydrogen) atoms. The first-order chi connectivity index (χ1) is 17.3. The Morgan fingerprint density at radius 1 is 1.19 bits per heavy atom. The van der Waals surface area contributed by atoms with E-state index >= 15 is 0 Å². The number of nitrogens with zero attached hydrogens (tertiary/aromatic N) is 3. The lowest BCUT2D eigenvalue weighted by Crippen LogP contribution is -2.40. The van der Waals surface area contributed by atoms with Crippen LogP contribution in [0.15, 0.2) is 83.2 Å². The first-order valence-corrected chi connectivity index (χ1v) is 13.8. The van der Waals surface area contributed by atoms with Crippen LogP contribution in [-0.2, 0) is 10.0 Å². The van der Waals surface area contributed by atoms with Crippen molar-refractivity contribution in [1.82, 2.24) is 19.4 Å². The van der Waals surface area contributed by atoms with E-state index in [0.717, 1.165) is 0 Å². The van der Waals surface area contributed by atoms with Crippen molar-refractivity contribution in [3.8, 4) is 5.75 Å². The molecule has 0 unspecified atom stereocenters. The molecule has 2 heterocycles. The molecular weight excluding hydrogens is 499 g/mol. The predicted molar refractivity (Wildman–Crippen MR) is 141 cm³/mol. The first-order valence-electron chi connectivity index (χ1n) is 11.6. The van der Waals surface area contributed by atoms with Crippen LogP contribution in [0.5, 0.6) is 5.75 Å². The summed E-state index contributed by atoms with van der Waals surface area (Å²) >= 11 is 0.135. The molecule has 1 fully saturated rings. The molecule has 1 aromatic heterocycles. The summed E-state index contributed by atoms with van der Waals surface area (Å²) in [7, 11) is -3.50. The molecular formula is C26H29FN4O3S2. The van der Waals surface area contributed by atoms with Crippen molar-refractivity contribution in [2.45, 2.75) is 29.6 Å². The average molecular weight is 529 g/mol. The molecule has 0 atom stereocenters. The lowest BCUT2D eigenvalue weighted by Gasteiger charge is -2.31. The number of sulfonamides is 1. The summed E-state index contributed by atoms with van der Waals surface area (Å²) in [5.74, 6) is 0.947. The van der Waals surface area contributed by atoms with E-state index in [9.17, 15) is 17.4 Å². The molecule has 0 saturated carbocycles. The van der Waals surface area contributed by atoms with Gasteiger partial charge in [0.05, 0.1) is 33.8 Å².